The van der Waals surface area contributed by atoms with Crippen LogP contribution in [0.1, 0.15) is 271 Å². The van der Waals surface area contributed by atoms with Gasteiger partial charge >= 0.3 is 15.4 Å². The molecule has 7 heterocycles. The van der Waals surface area contributed by atoms with Gasteiger partial charge in [0.05, 0.1) is 121 Å². The molecule has 7 rings (SSSR count). The predicted molar refractivity (Wildman–Crippen MR) is 489 cm³/mol. The largest absolute Gasteiger partial charge is 0.472 e. The molecule has 0 aromatic carbocycles. The van der Waals surface area contributed by atoms with Gasteiger partial charge in [0.15, 0.2) is 24.5 Å². The molecule has 5 fully saturated rings. The van der Waals surface area contributed by atoms with Crippen molar-refractivity contribution in [3.8, 4) is 0 Å². The van der Waals surface area contributed by atoms with Gasteiger partial charge in [-0.1, -0.05) is 73.1 Å². The van der Waals surface area contributed by atoms with Crippen molar-refractivity contribution in [1.29, 1.82) is 0 Å². The Morgan fingerprint density at radius 1 is 0.471 bits per heavy atom. The quantitative estimate of drug-likeness (QED) is 0.0287. The van der Waals surface area contributed by atoms with Crippen LogP contribution in [0, 0.1) is 24.7 Å². The molecule has 5 saturated heterocycles. The maximum atomic E-state index is 14.3. The molecular formula is C92H157N7O35P2. The summed E-state index contributed by atoms with van der Waals surface area (Å²) in [5.74, 6) is -2.64. The Bertz CT molecular complexity index is 3750. The Morgan fingerprint density at radius 3 is 1.34 bits per heavy atom. The molecule has 8 unspecified atom stereocenters. The number of imidazole rings is 1. The minimum atomic E-state index is -4.95. The topological polar surface area (TPSA) is 604 Å². The zero-order chi connectivity index (χ0) is 99.3. The number of aryl methyl sites for hydroxylation is 1. The summed E-state index contributed by atoms with van der Waals surface area (Å²) in [5, 5.41) is 107. The van der Waals surface area contributed by atoms with E-state index in [-0.39, 0.29) is 177 Å². The molecule has 5 aliphatic rings. The third-order valence-corrected chi connectivity index (χ3v) is 28.5. The first-order valence-corrected chi connectivity index (χ1v) is 52.2. The van der Waals surface area contributed by atoms with E-state index < -0.39 is 182 Å². The van der Waals surface area contributed by atoms with Gasteiger partial charge in [-0.2, -0.15) is 0 Å². The smallest absolute Gasteiger partial charge is 0.394 e. The van der Waals surface area contributed by atoms with E-state index in [9.17, 15) is 108 Å². The van der Waals surface area contributed by atoms with Crippen molar-refractivity contribution in [3.63, 3.8) is 0 Å². The number of hydrogen-bond acceptors (Lipinski definition) is 36. The second kappa shape index (κ2) is 62.4. The number of carbonyl (C=O) groups excluding carboxylic acids is 8. The molecule has 780 valence electrons. The average molecular weight is 1980 g/mol. The Labute approximate surface area is 797 Å². The minimum Gasteiger partial charge on any atom is -0.394 e. The normalized spacial score (nSPS) is 27.3. The molecule has 136 heavy (non-hydrogen) atoms. The Kier molecular flexibility index (Phi) is 54.0. The lowest BCUT2D eigenvalue weighted by molar-refractivity contribution is -0.282. The summed E-state index contributed by atoms with van der Waals surface area (Å²) in [6.45, 7) is 7.50. The van der Waals surface area contributed by atoms with E-state index in [1.807, 2.05) is 0 Å². The lowest BCUT2D eigenvalue weighted by Crippen LogP contribution is -2.58. The highest BCUT2D eigenvalue weighted by Crippen LogP contribution is 2.52. The molecule has 3 amide bonds. The molecule has 2 aromatic rings. The maximum Gasteiger partial charge on any atom is 0.472 e. The van der Waals surface area contributed by atoms with E-state index in [1.54, 1.807) is 32.3 Å². The second-order valence-electron chi connectivity index (χ2n) is 37.3. The minimum absolute atomic E-state index is 0.0183. The van der Waals surface area contributed by atoms with Gasteiger partial charge in [0.25, 0.3) is 0 Å². The van der Waals surface area contributed by atoms with Crippen LogP contribution in [0.25, 0.3) is 11.2 Å². The number of phosphoric acid groups is 1. The highest BCUT2D eigenvalue weighted by Gasteiger charge is 2.48. The van der Waals surface area contributed by atoms with Crippen molar-refractivity contribution in [1.82, 2.24) is 35.1 Å². The highest BCUT2D eigenvalue weighted by molar-refractivity contribution is 7.53. The molecular weight excluding hydrogens is 1820 g/mol. The average Bonchev–Trinajstić information content (AvgIpc) is 1.65. The van der Waals surface area contributed by atoms with Crippen molar-refractivity contribution >= 4 is 73.2 Å². The van der Waals surface area contributed by atoms with E-state index in [2.05, 4.69) is 25.6 Å². The van der Waals surface area contributed by atoms with Crippen LogP contribution in [-0.4, -0.2) is 347 Å². The van der Waals surface area contributed by atoms with Crippen LogP contribution >= 0.6 is 15.4 Å². The van der Waals surface area contributed by atoms with Crippen molar-refractivity contribution in [2.45, 2.75) is 382 Å². The fraction of sp³-hybridized carbons (Fsp3) is 0.859. The number of unbranched alkanes of at least 4 members (excludes halogenated alkanes) is 13. The van der Waals surface area contributed by atoms with Gasteiger partial charge in [-0.05, 0) is 103 Å². The number of Topliss-reactive ketones (excluding diaryl/α,β-unsaturated/α-hetero) is 5. The third-order valence-electron chi connectivity index (χ3n) is 25.6. The summed E-state index contributed by atoms with van der Waals surface area (Å²) in [6.07, 6.45) is -0.0605. The summed E-state index contributed by atoms with van der Waals surface area (Å²) < 4.78 is 104. The molecule has 42 nitrogen and oxygen atoms in total. The van der Waals surface area contributed by atoms with E-state index in [0.717, 1.165) is 0 Å². The van der Waals surface area contributed by atoms with Gasteiger partial charge in [0, 0.05) is 141 Å². The van der Waals surface area contributed by atoms with Crippen LogP contribution in [0.5, 0.6) is 0 Å². The van der Waals surface area contributed by atoms with Gasteiger partial charge in [-0.25, -0.2) is 19.5 Å². The van der Waals surface area contributed by atoms with Crippen LogP contribution < -0.4 is 10.6 Å². The number of amides is 3. The van der Waals surface area contributed by atoms with Gasteiger partial charge in [-0.3, -0.25) is 56.5 Å². The Balaban J connectivity index is 0.890. The summed E-state index contributed by atoms with van der Waals surface area (Å²) in [6, 6.07) is -0.790. The Morgan fingerprint density at radius 2 is 0.882 bits per heavy atom. The molecule has 0 spiro atoms. The van der Waals surface area contributed by atoms with Gasteiger partial charge in [-0.15, -0.1) is 0 Å². The molecule has 44 heteroatoms. The second-order valence-corrected chi connectivity index (χ2v) is 41.1. The number of aromatic nitrogens is 4. The fourth-order valence-electron chi connectivity index (χ4n) is 16.9. The molecule has 0 saturated carbocycles. The van der Waals surface area contributed by atoms with Gasteiger partial charge in [0.1, 0.15) is 101 Å². The number of ketones is 5. The molecule has 5 aliphatic heterocycles. The zero-order valence-electron chi connectivity index (χ0n) is 80.2. The number of β-amino-alcohol motifs (C(OH)–C–C–N with tert-alkyl or cyclic N) is 1. The van der Waals surface area contributed by atoms with Crippen LogP contribution in [-0.2, 0) is 108 Å². The lowest BCUT2D eigenvalue weighted by Gasteiger charge is -2.40. The summed E-state index contributed by atoms with van der Waals surface area (Å²) in [5.41, 5.74) is -0.683. The van der Waals surface area contributed by atoms with Crippen molar-refractivity contribution in [2.24, 2.45) is 17.8 Å². The van der Waals surface area contributed by atoms with Crippen molar-refractivity contribution in [3.05, 3.63) is 18.3 Å². The molecule has 22 atom stereocenters. The monoisotopic (exact) mass is 1980 g/mol. The number of rotatable bonds is 73. The number of likely N-dealkylation sites (tertiary alicyclic amines) is 1. The number of hydrogen-bond donors (Lipinski definition) is 14. The van der Waals surface area contributed by atoms with Gasteiger partial charge in [0.2, 0.25) is 17.7 Å². The van der Waals surface area contributed by atoms with Crippen molar-refractivity contribution in [2.75, 3.05) is 106 Å². The Hall–Kier alpha value is -5.23. The number of fused-ring (bicyclic) bond motifs is 1. The van der Waals surface area contributed by atoms with Crippen LogP contribution in [0.15, 0.2) is 12.7 Å². The van der Waals surface area contributed by atoms with Gasteiger partial charge < -0.3 is 128 Å². The number of nitrogens with zero attached hydrogens (tertiary/aromatic N) is 5. The molecule has 14 N–H and O–H groups in total. The first kappa shape index (κ1) is 118. The number of phosphoric ester groups is 1. The first-order chi connectivity index (χ1) is 65.0. The molecule has 0 radical (unpaired) electrons. The number of nitrogens with one attached hydrogen (secondary N) is 2. The number of carbonyl (C=O) groups is 8. The molecule has 0 bridgehead atoms. The number of ether oxygens (including phenoxy) is 10. The maximum absolute atomic E-state index is 14.3. The van der Waals surface area contributed by atoms with E-state index >= 15 is 0 Å². The number of aliphatic hydroxyl groups is 10. The first-order valence-electron chi connectivity index (χ1n) is 49.0. The molecule has 2 aromatic heterocycles. The van der Waals surface area contributed by atoms with Crippen LogP contribution in [0.2, 0.25) is 0 Å². The summed E-state index contributed by atoms with van der Waals surface area (Å²) in [4.78, 5) is 142. The lowest BCUT2D eigenvalue weighted by atomic mass is 9.92. The summed E-state index contributed by atoms with van der Waals surface area (Å²) in [7, 11) is -9.08. The fourth-order valence-corrected chi connectivity index (χ4v) is 18.5. The predicted octanol–water partition coefficient (Wildman–Crippen LogP) is 5.51. The van der Waals surface area contributed by atoms with Crippen LogP contribution in [0.4, 0.5) is 0 Å². The summed E-state index contributed by atoms with van der Waals surface area (Å²) >= 11 is 0. The number of aliphatic hydroxyl groups excluding tert-OH is 10. The standard InChI is InChI=1S/C92H157N7O35P2/c1-60(2)135(118,119)128-54-76-72(48-80(130-76)99-59-96-81-64(6)94-58-95-88(81)99)134-136(120,121)129-53-65-47-71(108)49-98(65)79(111)36-18-10-8-7-9-17-35-78(110)97-92(55-122-44-37-69(106)29-15-11-13-27-66(103)32-20-24-41-125-89-61(3)82(112)85(115)73(50-100)131-89,56-123-45-38-70(107)30-16-12-14-28-67(104)33-21-25-42-126-90-62(4)83(113)86(116)74(51-101)132-90)57-124-46-39-77(109)93-40-23-19-31-68(105)34-22-26-43-127-91-63(5)84(114)87(117)75(52-102)133-91/h58-63,65,71-76,80,82-87,89-91,100-102,108,112-117H,7-57H2,1-6H3,(H,93,109)(H,97,110)(H,118,119)(H,120,121)/t61?,62?,63?,65-,71+,72+,73?,74?,75?,76-,80-,82-,83-,84-,85+,86+,87+,89-,90-,91-,92?/m1/s1. The highest BCUT2D eigenvalue weighted by atomic mass is 31.2. The molecule has 0 aliphatic carbocycles. The zero-order valence-corrected chi connectivity index (χ0v) is 82.0. The van der Waals surface area contributed by atoms with E-state index in [4.69, 9.17) is 60.9 Å². The van der Waals surface area contributed by atoms with E-state index in [1.165, 1.54) is 31.4 Å². The van der Waals surface area contributed by atoms with E-state index in [0.29, 0.717) is 184 Å². The van der Waals surface area contributed by atoms with Crippen molar-refractivity contribution < 1.29 is 169 Å². The van der Waals surface area contributed by atoms with Crippen LogP contribution in [0.3, 0.4) is 0 Å². The third kappa shape index (κ3) is 40.9. The SMILES string of the molecule is Cc1ncnc2c1ncn2[C@H]1C[C@H](OP(=O)(O)OC[C@H]2C[C@H](O)CN2C(=O)CCCCCCCCC(=O)NC(COCCC(=O)CCCCCC(=O)CCCCO[C@@H]2OC(CO)[C@H](O)[C@H](O)C2C)(COCCC(=O)CCCCCC(=O)CCCCO[C@@H]2OC(CO)[C@H](O)[C@H](O)C2C)COCCC(=O)NCCCCC(=O)CCCCO[C@@H]2OC(CO)[C@H](O)[C@H](O)C2C)[C@@H](COP(=O)(O)C(C)C)O1.